The van der Waals surface area contributed by atoms with Crippen LogP contribution in [0.1, 0.15) is 20.8 Å². The summed E-state index contributed by atoms with van der Waals surface area (Å²) in [6, 6.07) is 0. The first-order chi connectivity index (χ1) is 6.15. The van der Waals surface area contributed by atoms with E-state index in [-0.39, 0.29) is 0 Å². The lowest BCUT2D eigenvalue weighted by atomic mass is 10.2. The van der Waals surface area contributed by atoms with Gasteiger partial charge in [0.1, 0.15) is 0 Å². The molecule has 0 aliphatic carbocycles. The van der Waals surface area contributed by atoms with Gasteiger partial charge in [-0.05, 0) is 32.4 Å². The summed E-state index contributed by atoms with van der Waals surface area (Å²) >= 11 is 0. The summed E-state index contributed by atoms with van der Waals surface area (Å²) in [6.07, 6.45) is 7.45. The number of allylic oxidation sites excluding steroid dienone is 5. The predicted molar refractivity (Wildman–Crippen MR) is 61.0 cm³/mol. The van der Waals surface area contributed by atoms with Crippen molar-refractivity contribution < 1.29 is 0 Å². The lowest BCUT2D eigenvalue weighted by molar-refractivity contribution is 1.34. The van der Waals surface area contributed by atoms with Crippen LogP contribution in [0.4, 0.5) is 0 Å². The predicted octanol–water partition coefficient (Wildman–Crippen LogP) is 3.67. The quantitative estimate of drug-likeness (QED) is 0.456. The molecule has 0 aliphatic rings. The van der Waals surface area contributed by atoms with Gasteiger partial charge in [0.15, 0.2) is 0 Å². The zero-order chi connectivity index (χ0) is 10.3. The van der Waals surface area contributed by atoms with E-state index in [4.69, 9.17) is 0 Å². The van der Waals surface area contributed by atoms with E-state index in [1.54, 1.807) is 12.2 Å². The van der Waals surface area contributed by atoms with Crippen LogP contribution < -0.4 is 0 Å². The van der Waals surface area contributed by atoms with Gasteiger partial charge in [0.25, 0.3) is 0 Å². The van der Waals surface area contributed by atoms with E-state index in [1.165, 1.54) is 0 Å². The molecule has 0 spiro atoms. The van der Waals surface area contributed by atoms with Crippen LogP contribution in [-0.4, -0.2) is 5.71 Å². The number of aliphatic imine (C=N–C) groups is 1. The fourth-order valence-electron chi connectivity index (χ4n) is 0.906. The second kappa shape index (κ2) is 6.18. The van der Waals surface area contributed by atoms with Crippen LogP contribution in [0.2, 0.25) is 0 Å². The van der Waals surface area contributed by atoms with E-state index < -0.39 is 0 Å². The second-order valence-electron chi connectivity index (χ2n) is 2.81. The molecule has 0 atom stereocenters. The van der Waals surface area contributed by atoms with Crippen molar-refractivity contribution >= 4 is 5.71 Å². The van der Waals surface area contributed by atoms with E-state index in [9.17, 15) is 0 Å². The van der Waals surface area contributed by atoms with Crippen LogP contribution in [0.5, 0.6) is 0 Å². The highest BCUT2D eigenvalue weighted by molar-refractivity contribution is 5.80. The summed E-state index contributed by atoms with van der Waals surface area (Å²) in [5.74, 6) is 0. The van der Waals surface area contributed by atoms with Gasteiger partial charge in [-0.1, -0.05) is 31.4 Å². The van der Waals surface area contributed by atoms with Crippen molar-refractivity contribution in [3.8, 4) is 0 Å². The van der Waals surface area contributed by atoms with Gasteiger partial charge in [-0.3, -0.25) is 4.99 Å². The van der Waals surface area contributed by atoms with Crippen LogP contribution in [-0.2, 0) is 0 Å². The summed E-state index contributed by atoms with van der Waals surface area (Å²) in [5.41, 5.74) is 2.88. The molecule has 0 fully saturated rings. The van der Waals surface area contributed by atoms with E-state index >= 15 is 0 Å². The lowest BCUT2D eigenvalue weighted by Gasteiger charge is -1.99. The third-order valence-corrected chi connectivity index (χ3v) is 1.40. The maximum atomic E-state index is 4.34. The molecule has 13 heavy (non-hydrogen) atoms. The summed E-state index contributed by atoms with van der Waals surface area (Å²) in [5, 5.41) is 0. The highest BCUT2D eigenvalue weighted by atomic mass is 14.7. The van der Waals surface area contributed by atoms with E-state index in [1.807, 2.05) is 32.9 Å². The van der Waals surface area contributed by atoms with Crippen molar-refractivity contribution in [2.24, 2.45) is 4.99 Å². The smallest absolute Gasteiger partial charge is 0.0694 e. The summed E-state index contributed by atoms with van der Waals surface area (Å²) in [4.78, 5) is 4.34. The Bertz CT molecular complexity index is 273. The SMILES string of the molecule is C=CC(/C=C\C)=C(/C=C)N=C(C)C. The zero-order valence-electron chi connectivity index (χ0n) is 8.67. The molecule has 0 aromatic rings. The van der Waals surface area contributed by atoms with E-state index in [0.717, 1.165) is 17.0 Å². The average Bonchev–Trinajstić information content (AvgIpc) is 2.10. The molecule has 0 aliphatic heterocycles. The Morgan fingerprint density at radius 1 is 1.15 bits per heavy atom. The first kappa shape index (κ1) is 11.6. The largest absolute Gasteiger partial charge is 0.258 e. The number of hydrogen-bond acceptors (Lipinski definition) is 1. The highest BCUT2D eigenvalue weighted by Gasteiger charge is 1.94. The van der Waals surface area contributed by atoms with Gasteiger partial charge >= 0.3 is 0 Å². The van der Waals surface area contributed by atoms with Gasteiger partial charge in [0.2, 0.25) is 0 Å². The van der Waals surface area contributed by atoms with Gasteiger partial charge in [0, 0.05) is 5.71 Å². The minimum Gasteiger partial charge on any atom is -0.258 e. The Hall–Kier alpha value is -1.37. The molecule has 0 radical (unpaired) electrons. The third kappa shape index (κ3) is 4.26. The Balaban J connectivity index is 5.17. The minimum atomic E-state index is 0.869. The monoisotopic (exact) mass is 175 g/mol. The average molecular weight is 175 g/mol. The Morgan fingerprint density at radius 2 is 1.77 bits per heavy atom. The normalized spacial score (nSPS) is 12.2. The molecule has 1 nitrogen and oxygen atoms in total. The van der Waals surface area contributed by atoms with Crippen molar-refractivity contribution in [2.45, 2.75) is 20.8 Å². The first-order valence-electron chi connectivity index (χ1n) is 4.29. The van der Waals surface area contributed by atoms with Gasteiger partial charge in [-0.15, -0.1) is 0 Å². The molecular formula is C12H17N. The second-order valence-corrected chi connectivity index (χ2v) is 2.81. The van der Waals surface area contributed by atoms with Gasteiger partial charge < -0.3 is 0 Å². The zero-order valence-corrected chi connectivity index (χ0v) is 8.67. The lowest BCUT2D eigenvalue weighted by Crippen LogP contribution is -1.85. The van der Waals surface area contributed by atoms with E-state index in [0.29, 0.717) is 0 Å². The molecule has 0 heterocycles. The maximum Gasteiger partial charge on any atom is 0.0694 e. The van der Waals surface area contributed by atoms with Crippen LogP contribution >= 0.6 is 0 Å². The topological polar surface area (TPSA) is 12.4 Å². The molecule has 0 saturated carbocycles. The molecule has 0 rings (SSSR count). The molecule has 0 unspecified atom stereocenters. The molecule has 1 heteroatoms. The van der Waals surface area contributed by atoms with Crippen LogP contribution in [0, 0.1) is 0 Å². The maximum absolute atomic E-state index is 4.34. The molecule has 0 saturated heterocycles. The van der Waals surface area contributed by atoms with Crippen LogP contribution in [0.3, 0.4) is 0 Å². The standard InChI is InChI=1S/C12H17N/c1-6-9-11(7-2)12(8-3)13-10(4)5/h6-9H,2-3H2,1,4-5H3/b9-6-,12-11+. The van der Waals surface area contributed by atoms with Gasteiger partial charge in [0.05, 0.1) is 5.70 Å². The molecule has 0 aromatic heterocycles. The minimum absolute atomic E-state index is 0.869. The molecule has 0 N–H and O–H groups in total. The Morgan fingerprint density at radius 3 is 2.08 bits per heavy atom. The molecule has 0 aromatic carbocycles. The van der Waals surface area contributed by atoms with Crippen molar-refractivity contribution in [2.75, 3.05) is 0 Å². The molecule has 70 valence electrons. The summed E-state index contributed by atoms with van der Waals surface area (Å²) < 4.78 is 0. The molecule has 0 amide bonds. The number of hydrogen-bond donors (Lipinski definition) is 0. The van der Waals surface area contributed by atoms with Gasteiger partial charge in [-0.25, -0.2) is 0 Å². The van der Waals surface area contributed by atoms with Gasteiger partial charge in [-0.2, -0.15) is 0 Å². The summed E-state index contributed by atoms with van der Waals surface area (Å²) in [6.45, 7) is 13.3. The van der Waals surface area contributed by atoms with Crippen LogP contribution in [0.15, 0.2) is 53.7 Å². The van der Waals surface area contributed by atoms with E-state index in [2.05, 4.69) is 18.2 Å². The fraction of sp³-hybridized carbons (Fsp3) is 0.250. The van der Waals surface area contributed by atoms with Crippen molar-refractivity contribution in [3.63, 3.8) is 0 Å². The highest BCUT2D eigenvalue weighted by Crippen LogP contribution is 2.10. The van der Waals surface area contributed by atoms with Crippen LogP contribution in [0.25, 0.3) is 0 Å². The number of rotatable bonds is 4. The Kier molecular flexibility index (Phi) is 5.53. The van der Waals surface area contributed by atoms with Crippen molar-refractivity contribution in [1.82, 2.24) is 0 Å². The molecule has 0 bridgehead atoms. The first-order valence-corrected chi connectivity index (χ1v) is 4.29. The third-order valence-electron chi connectivity index (χ3n) is 1.40. The van der Waals surface area contributed by atoms with Crippen molar-refractivity contribution in [3.05, 3.63) is 48.7 Å². The molecular weight excluding hydrogens is 158 g/mol. The Labute approximate surface area is 80.9 Å². The van der Waals surface area contributed by atoms with Crippen molar-refractivity contribution in [1.29, 1.82) is 0 Å². The number of nitrogens with zero attached hydrogens (tertiary/aromatic N) is 1. The summed E-state index contributed by atoms with van der Waals surface area (Å²) in [7, 11) is 0. The fourth-order valence-corrected chi connectivity index (χ4v) is 0.906.